The topological polar surface area (TPSA) is 42.0 Å². The third kappa shape index (κ3) is 4.83. The van der Waals surface area contributed by atoms with Gasteiger partial charge in [0.2, 0.25) is 5.91 Å². The molecule has 0 saturated carbocycles. The van der Waals surface area contributed by atoms with Crippen LogP contribution in [0.25, 0.3) is 0 Å². The van der Waals surface area contributed by atoms with Crippen LogP contribution in [0.5, 0.6) is 0 Å². The molecule has 2 rings (SSSR count). The SMILES string of the molecule is Cc1ccc(CCC(=O)NCCc2cscn2)cc1. The maximum Gasteiger partial charge on any atom is 0.220 e. The fourth-order valence-electron chi connectivity index (χ4n) is 1.79. The van der Waals surface area contributed by atoms with Crippen LogP contribution in [0.3, 0.4) is 0 Å². The maximum atomic E-state index is 11.7. The number of amides is 1. The minimum atomic E-state index is 0.107. The largest absolute Gasteiger partial charge is 0.356 e. The molecule has 0 aliphatic rings. The Morgan fingerprint density at radius 1 is 1.26 bits per heavy atom. The minimum Gasteiger partial charge on any atom is -0.356 e. The Morgan fingerprint density at radius 3 is 2.74 bits per heavy atom. The number of thiazole rings is 1. The van der Waals surface area contributed by atoms with E-state index in [1.807, 2.05) is 10.9 Å². The van der Waals surface area contributed by atoms with Crippen LogP contribution in [0.2, 0.25) is 0 Å². The number of hydrogen-bond acceptors (Lipinski definition) is 3. The summed E-state index contributed by atoms with van der Waals surface area (Å²) in [6, 6.07) is 8.32. The number of rotatable bonds is 6. The van der Waals surface area contributed by atoms with Crippen LogP contribution in [-0.2, 0) is 17.6 Å². The van der Waals surface area contributed by atoms with Gasteiger partial charge in [0.05, 0.1) is 11.2 Å². The van der Waals surface area contributed by atoms with E-state index in [2.05, 4.69) is 41.5 Å². The minimum absolute atomic E-state index is 0.107. The third-order valence-corrected chi connectivity index (χ3v) is 3.58. The van der Waals surface area contributed by atoms with Crippen molar-refractivity contribution in [1.82, 2.24) is 10.3 Å². The third-order valence-electron chi connectivity index (χ3n) is 2.95. The Hall–Kier alpha value is -1.68. The first kappa shape index (κ1) is 13.7. The fourth-order valence-corrected chi connectivity index (χ4v) is 2.38. The fraction of sp³-hybridized carbons (Fsp3) is 0.333. The van der Waals surface area contributed by atoms with E-state index < -0.39 is 0 Å². The lowest BCUT2D eigenvalue weighted by Crippen LogP contribution is -2.25. The molecule has 2 aromatic rings. The molecular weight excluding hydrogens is 256 g/mol. The summed E-state index contributed by atoms with van der Waals surface area (Å²) in [7, 11) is 0. The number of carbonyl (C=O) groups excluding carboxylic acids is 1. The van der Waals surface area contributed by atoms with Gasteiger partial charge in [-0.25, -0.2) is 4.98 Å². The van der Waals surface area contributed by atoms with E-state index in [0.29, 0.717) is 13.0 Å². The maximum absolute atomic E-state index is 11.7. The number of carbonyl (C=O) groups is 1. The van der Waals surface area contributed by atoms with Gasteiger partial charge < -0.3 is 5.32 Å². The van der Waals surface area contributed by atoms with E-state index in [0.717, 1.165) is 18.5 Å². The molecule has 0 aliphatic carbocycles. The van der Waals surface area contributed by atoms with Gasteiger partial charge in [-0.05, 0) is 18.9 Å². The highest BCUT2D eigenvalue weighted by molar-refractivity contribution is 7.07. The van der Waals surface area contributed by atoms with Gasteiger partial charge in [-0.2, -0.15) is 0 Å². The van der Waals surface area contributed by atoms with E-state index >= 15 is 0 Å². The van der Waals surface area contributed by atoms with Crippen molar-refractivity contribution in [2.75, 3.05) is 6.54 Å². The Labute approximate surface area is 117 Å². The smallest absolute Gasteiger partial charge is 0.220 e. The van der Waals surface area contributed by atoms with Gasteiger partial charge in [0.15, 0.2) is 0 Å². The van der Waals surface area contributed by atoms with E-state index in [1.165, 1.54) is 11.1 Å². The van der Waals surface area contributed by atoms with Crippen molar-refractivity contribution in [1.29, 1.82) is 0 Å². The zero-order valence-electron chi connectivity index (χ0n) is 11.1. The highest BCUT2D eigenvalue weighted by Crippen LogP contribution is 2.05. The Balaban J connectivity index is 1.65. The zero-order chi connectivity index (χ0) is 13.5. The summed E-state index contributed by atoms with van der Waals surface area (Å²) in [5, 5.41) is 4.94. The molecule has 0 aliphatic heterocycles. The average Bonchev–Trinajstić information content (AvgIpc) is 2.91. The van der Waals surface area contributed by atoms with Crippen LogP contribution in [0, 0.1) is 6.92 Å². The molecule has 100 valence electrons. The van der Waals surface area contributed by atoms with Crippen molar-refractivity contribution >= 4 is 17.2 Å². The molecular formula is C15H18N2OS. The summed E-state index contributed by atoms with van der Waals surface area (Å²) in [6.45, 7) is 2.73. The summed E-state index contributed by atoms with van der Waals surface area (Å²) >= 11 is 1.58. The van der Waals surface area contributed by atoms with Gasteiger partial charge in [-0.15, -0.1) is 11.3 Å². The molecule has 0 bridgehead atoms. The predicted molar refractivity (Wildman–Crippen MR) is 78.3 cm³/mol. The predicted octanol–water partition coefficient (Wildman–Crippen LogP) is 2.74. The first-order chi connectivity index (χ1) is 9.24. The standard InChI is InChI=1S/C15H18N2OS/c1-12-2-4-13(5-3-12)6-7-15(18)16-9-8-14-10-19-11-17-14/h2-5,10-11H,6-9H2,1H3,(H,16,18). The first-order valence-corrected chi connectivity index (χ1v) is 7.37. The number of nitrogens with one attached hydrogen (secondary N) is 1. The number of aromatic nitrogens is 1. The Morgan fingerprint density at radius 2 is 2.05 bits per heavy atom. The van der Waals surface area contributed by atoms with Crippen LogP contribution < -0.4 is 5.32 Å². The summed E-state index contributed by atoms with van der Waals surface area (Å²) in [6.07, 6.45) is 2.14. The van der Waals surface area contributed by atoms with Gasteiger partial charge in [0, 0.05) is 24.8 Å². The van der Waals surface area contributed by atoms with Crippen LogP contribution in [-0.4, -0.2) is 17.4 Å². The molecule has 0 radical (unpaired) electrons. The zero-order valence-corrected chi connectivity index (χ0v) is 11.9. The molecule has 0 atom stereocenters. The normalized spacial score (nSPS) is 10.4. The van der Waals surface area contributed by atoms with Gasteiger partial charge in [0.1, 0.15) is 0 Å². The van der Waals surface area contributed by atoms with Crippen molar-refractivity contribution in [3.63, 3.8) is 0 Å². The molecule has 1 aromatic heterocycles. The van der Waals surface area contributed by atoms with E-state index in [4.69, 9.17) is 0 Å². The van der Waals surface area contributed by atoms with E-state index in [-0.39, 0.29) is 5.91 Å². The highest BCUT2D eigenvalue weighted by Gasteiger charge is 2.02. The summed E-state index contributed by atoms with van der Waals surface area (Å²) in [4.78, 5) is 15.9. The number of benzene rings is 1. The number of hydrogen-bond donors (Lipinski definition) is 1. The number of aryl methyl sites for hydroxylation is 2. The molecule has 0 spiro atoms. The van der Waals surface area contributed by atoms with Crippen molar-refractivity contribution in [3.05, 3.63) is 52.0 Å². The Bertz CT molecular complexity index is 505. The molecule has 0 saturated heterocycles. The van der Waals surface area contributed by atoms with Crippen molar-refractivity contribution in [2.24, 2.45) is 0 Å². The van der Waals surface area contributed by atoms with E-state index in [1.54, 1.807) is 11.3 Å². The molecule has 0 unspecified atom stereocenters. The van der Waals surface area contributed by atoms with Crippen LogP contribution in [0.15, 0.2) is 35.2 Å². The Kier molecular flexibility index (Phi) is 5.10. The lowest BCUT2D eigenvalue weighted by atomic mass is 10.1. The van der Waals surface area contributed by atoms with E-state index in [9.17, 15) is 4.79 Å². The highest BCUT2D eigenvalue weighted by atomic mass is 32.1. The van der Waals surface area contributed by atoms with Crippen molar-refractivity contribution in [3.8, 4) is 0 Å². The second kappa shape index (κ2) is 7.04. The van der Waals surface area contributed by atoms with Gasteiger partial charge in [0.25, 0.3) is 0 Å². The van der Waals surface area contributed by atoms with Crippen molar-refractivity contribution in [2.45, 2.75) is 26.2 Å². The molecule has 1 N–H and O–H groups in total. The van der Waals surface area contributed by atoms with Gasteiger partial charge in [-0.3, -0.25) is 4.79 Å². The number of nitrogens with zero attached hydrogens (tertiary/aromatic N) is 1. The van der Waals surface area contributed by atoms with Gasteiger partial charge in [-0.1, -0.05) is 29.8 Å². The van der Waals surface area contributed by atoms with Gasteiger partial charge >= 0.3 is 0 Å². The quantitative estimate of drug-likeness (QED) is 0.880. The summed E-state index contributed by atoms with van der Waals surface area (Å²) < 4.78 is 0. The molecule has 1 aromatic carbocycles. The molecule has 1 amide bonds. The van der Waals surface area contributed by atoms with Crippen molar-refractivity contribution < 1.29 is 4.79 Å². The first-order valence-electron chi connectivity index (χ1n) is 6.43. The molecule has 1 heterocycles. The monoisotopic (exact) mass is 274 g/mol. The summed E-state index contributed by atoms with van der Waals surface area (Å²) in [5.74, 6) is 0.107. The van der Waals surface area contributed by atoms with Crippen LogP contribution in [0.1, 0.15) is 23.2 Å². The molecule has 0 fully saturated rings. The summed E-state index contributed by atoms with van der Waals surface area (Å²) in [5.41, 5.74) is 5.31. The molecule has 3 nitrogen and oxygen atoms in total. The lowest BCUT2D eigenvalue weighted by Gasteiger charge is -2.04. The molecule has 4 heteroatoms. The second-order valence-electron chi connectivity index (χ2n) is 4.57. The second-order valence-corrected chi connectivity index (χ2v) is 5.28. The average molecular weight is 274 g/mol. The lowest BCUT2D eigenvalue weighted by molar-refractivity contribution is -0.121. The van der Waals surface area contributed by atoms with Crippen LogP contribution in [0.4, 0.5) is 0 Å². The molecule has 19 heavy (non-hydrogen) atoms. The van der Waals surface area contributed by atoms with Crippen LogP contribution >= 0.6 is 11.3 Å².